The van der Waals surface area contributed by atoms with Gasteiger partial charge in [-0.15, -0.1) is 0 Å². The zero-order valence-corrected chi connectivity index (χ0v) is 10.7. The molecule has 18 heavy (non-hydrogen) atoms. The number of anilines is 1. The third kappa shape index (κ3) is 2.59. The molecule has 0 bridgehead atoms. The van der Waals surface area contributed by atoms with Gasteiger partial charge < -0.3 is 5.73 Å². The second kappa shape index (κ2) is 5.05. The fourth-order valence-electron chi connectivity index (χ4n) is 1.96. The van der Waals surface area contributed by atoms with Crippen LogP contribution in [-0.4, -0.2) is 5.78 Å². The maximum absolute atomic E-state index is 12.2. The summed E-state index contributed by atoms with van der Waals surface area (Å²) in [7, 11) is 0. The lowest BCUT2D eigenvalue weighted by Crippen LogP contribution is -2.08. The normalized spacial score (nSPS) is 10.3. The van der Waals surface area contributed by atoms with Crippen molar-refractivity contribution in [1.82, 2.24) is 0 Å². The molecular formula is C16H17NO. The molecule has 0 spiro atoms. The fraction of sp³-hybridized carbons (Fsp3) is 0.188. The molecule has 0 fully saturated rings. The van der Waals surface area contributed by atoms with E-state index < -0.39 is 0 Å². The summed E-state index contributed by atoms with van der Waals surface area (Å²) in [5.41, 5.74) is 10.3. The first-order chi connectivity index (χ1) is 8.58. The van der Waals surface area contributed by atoms with Crippen LogP contribution in [-0.2, 0) is 6.42 Å². The highest BCUT2D eigenvalue weighted by molar-refractivity contribution is 6.02. The van der Waals surface area contributed by atoms with E-state index >= 15 is 0 Å². The smallest absolute Gasteiger partial charge is 0.169 e. The summed E-state index contributed by atoms with van der Waals surface area (Å²) in [5.74, 6) is 0.0711. The van der Waals surface area contributed by atoms with Crippen LogP contribution in [0, 0.1) is 13.8 Å². The highest BCUT2D eigenvalue weighted by Gasteiger charge is 2.11. The number of rotatable bonds is 3. The van der Waals surface area contributed by atoms with Crippen LogP contribution in [0.1, 0.15) is 27.0 Å². The fourth-order valence-corrected chi connectivity index (χ4v) is 1.96. The minimum Gasteiger partial charge on any atom is -0.398 e. The first-order valence-electron chi connectivity index (χ1n) is 6.02. The number of carbonyl (C=O) groups excluding carboxylic acids is 1. The van der Waals surface area contributed by atoms with Crippen LogP contribution in [0.3, 0.4) is 0 Å². The van der Waals surface area contributed by atoms with Crippen LogP contribution in [0.2, 0.25) is 0 Å². The van der Waals surface area contributed by atoms with Crippen molar-refractivity contribution in [3.63, 3.8) is 0 Å². The zero-order chi connectivity index (χ0) is 13.1. The van der Waals surface area contributed by atoms with E-state index in [1.54, 1.807) is 0 Å². The number of Topliss-reactive ketones (excluding diaryl/α,β-unsaturated/α-hetero) is 1. The van der Waals surface area contributed by atoms with Crippen molar-refractivity contribution < 1.29 is 4.79 Å². The third-order valence-electron chi connectivity index (χ3n) is 3.17. The summed E-state index contributed by atoms with van der Waals surface area (Å²) < 4.78 is 0. The van der Waals surface area contributed by atoms with Crippen molar-refractivity contribution in [2.24, 2.45) is 0 Å². The number of hydrogen-bond donors (Lipinski definition) is 1. The van der Waals surface area contributed by atoms with Gasteiger partial charge in [0.05, 0.1) is 0 Å². The number of nitrogens with two attached hydrogens (primary N) is 1. The van der Waals surface area contributed by atoms with E-state index in [0.717, 1.165) is 16.7 Å². The predicted octanol–water partition coefficient (Wildman–Crippen LogP) is 3.31. The standard InChI is InChI=1S/C16H17NO/c1-11-8-14(15(17)9-12(11)2)16(18)10-13-6-4-3-5-7-13/h3-9H,10,17H2,1-2H3. The Hall–Kier alpha value is -2.09. The molecule has 2 rings (SSSR count). The van der Waals surface area contributed by atoms with Gasteiger partial charge in [0, 0.05) is 17.7 Å². The van der Waals surface area contributed by atoms with E-state index in [9.17, 15) is 4.79 Å². The molecule has 0 amide bonds. The van der Waals surface area contributed by atoms with Gasteiger partial charge in [-0.1, -0.05) is 30.3 Å². The number of benzene rings is 2. The van der Waals surface area contributed by atoms with Gasteiger partial charge in [0.2, 0.25) is 0 Å². The molecule has 0 atom stereocenters. The first kappa shape index (κ1) is 12.4. The van der Waals surface area contributed by atoms with Crippen LogP contribution in [0.25, 0.3) is 0 Å². The molecule has 92 valence electrons. The lowest BCUT2D eigenvalue weighted by atomic mass is 9.97. The van der Waals surface area contributed by atoms with Gasteiger partial charge in [-0.2, -0.15) is 0 Å². The van der Waals surface area contributed by atoms with Gasteiger partial charge >= 0.3 is 0 Å². The first-order valence-corrected chi connectivity index (χ1v) is 6.02. The highest BCUT2D eigenvalue weighted by atomic mass is 16.1. The summed E-state index contributed by atoms with van der Waals surface area (Å²) >= 11 is 0. The molecule has 2 aromatic carbocycles. The van der Waals surface area contributed by atoms with Crippen LogP contribution >= 0.6 is 0 Å². The van der Waals surface area contributed by atoms with Crippen molar-refractivity contribution >= 4 is 11.5 Å². The molecule has 0 aromatic heterocycles. The number of nitrogen functional groups attached to an aromatic ring is 1. The lowest BCUT2D eigenvalue weighted by Gasteiger charge is -2.08. The van der Waals surface area contributed by atoms with Crippen molar-refractivity contribution in [1.29, 1.82) is 0 Å². The Morgan fingerprint density at radius 1 is 1.06 bits per heavy atom. The molecule has 2 N–H and O–H groups in total. The number of aryl methyl sites for hydroxylation is 2. The Bertz CT molecular complexity index is 573. The molecule has 0 radical (unpaired) electrons. The van der Waals surface area contributed by atoms with Gasteiger partial charge in [-0.05, 0) is 42.7 Å². The van der Waals surface area contributed by atoms with Gasteiger partial charge in [-0.25, -0.2) is 0 Å². The summed E-state index contributed by atoms with van der Waals surface area (Å²) in [5, 5.41) is 0. The van der Waals surface area contributed by atoms with E-state index in [1.165, 1.54) is 0 Å². The van der Waals surface area contributed by atoms with E-state index in [1.807, 2.05) is 56.3 Å². The summed E-state index contributed by atoms with van der Waals surface area (Å²) in [6, 6.07) is 13.5. The van der Waals surface area contributed by atoms with E-state index in [0.29, 0.717) is 17.7 Å². The average molecular weight is 239 g/mol. The summed E-state index contributed by atoms with van der Waals surface area (Å²) in [6.07, 6.45) is 0.396. The molecule has 0 heterocycles. The van der Waals surface area contributed by atoms with Crippen molar-refractivity contribution in [3.05, 3.63) is 64.7 Å². The van der Waals surface area contributed by atoms with Crippen LogP contribution in [0.5, 0.6) is 0 Å². The molecule has 0 aliphatic rings. The number of carbonyl (C=O) groups is 1. The Balaban J connectivity index is 2.27. The summed E-state index contributed by atoms with van der Waals surface area (Å²) in [4.78, 5) is 12.2. The number of hydrogen-bond acceptors (Lipinski definition) is 2. The highest BCUT2D eigenvalue weighted by Crippen LogP contribution is 2.20. The molecule has 2 nitrogen and oxygen atoms in total. The van der Waals surface area contributed by atoms with Gasteiger partial charge in [0.25, 0.3) is 0 Å². The topological polar surface area (TPSA) is 43.1 Å². The SMILES string of the molecule is Cc1cc(N)c(C(=O)Cc2ccccc2)cc1C. The van der Waals surface area contributed by atoms with Crippen molar-refractivity contribution in [2.45, 2.75) is 20.3 Å². The summed E-state index contributed by atoms with van der Waals surface area (Å²) in [6.45, 7) is 3.99. The Labute approximate surface area is 107 Å². The maximum atomic E-state index is 12.2. The third-order valence-corrected chi connectivity index (χ3v) is 3.17. The molecular weight excluding hydrogens is 222 g/mol. The molecule has 0 unspecified atom stereocenters. The van der Waals surface area contributed by atoms with Gasteiger partial charge in [0.1, 0.15) is 0 Å². The molecule has 2 heteroatoms. The monoisotopic (exact) mass is 239 g/mol. The molecule has 0 aliphatic carbocycles. The second-order valence-electron chi connectivity index (χ2n) is 4.61. The Morgan fingerprint density at radius 3 is 2.33 bits per heavy atom. The Kier molecular flexibility index (Phi) is 3.47. The van der Waals surface area contributed by atoms with E-state index in [-0.39, 0.29) is 5.78 Å². The molecule has 0 saturated heterocycles. The number of ketones is 1. The molecule has 0 saturated carbocycles. The molecule has 2 aromatic rings. The van der Waals surface area contributed by atoms with Crippen LogP contribution in [0.4, 0.5) is 5.69 Å². The van der Waals surface area contributed by atoms with Gasteiger partial charge in [-0.3, -0.25) is 4.79 Å². The minimum absolute atomic E-state index is 0.0711. The maximum Gasteiger partial charge on any atom is 0.169 e. The van der Waals surface area contributed by atoms with Crippen LogP contribution in [0.15, 0.2) is 42.5 Å². The quantitative estimate of drug-likeness (QED) is 0.659. The minimum atomic E-state index is 0.0711. The van der Waals surface area contributed by atoms with Gasteiger partial charge in [0.15, 0.2) is 5.78 Å². The zero-order valence-electron chi connectivity index (χ0n) is 10.7. The average Bonchev–Trinajstić information content (AvgIpc) is 2.35. The molecule has 0 aliphatic heterocycles. The predicted molar refractivity (Wildman–Crippen MR) is 74.8 cm³/mol. The van der Waals surface area contributed by atoms with Crippen molar-refractivity contribution in [3.8, 4) is 0 Å². The lowest BCUT2D eigenvalue weighted by molar-refractivity contribution is 0.0994. The second-order valence-corrected chi connectivity index (χ2v) is 4.61. The van der Waals surface area contributed by atoms with Crippen molar-refractivity contribution in [2.75, 3.05) is 5.73 Å². The van der Waals surface area contributed by atoms with E-state index in [2.05, 4.69) is 0 Å². The van der Waals surface area contributed by atoms with E-state index in [4.69, 9.17) is 5.73 Å². The van der Waals surface area contributed by atoms with Crippen LogP contribution < -0.4 is 5.73 Å². The largest absolute Gasteiger partial charge is 0.398 e. The Morgan fingerprint density at radius 2 is 1.67 bits per heavy atom.